The van der Waals surface area contributed by atoms with Gasteiger partial charge < -0.3 is 10.8 Å². The van der Waals surface area contributed by atoms with Gasteiger partial charge in [0.25, 0.3) is 0 Å². The maximum atomic E-state index is 8.70. The van der Waals surface area contributed by atoms with Crippen LogP contribution in [0.3, 0.4) is 0 Å². The molecule has 3 heteroatoms. The molecule has 1 rings (SSSR count). The Hall–Kier alpha value is -1.35. The maximum absolute atomic E-state index is 8.70. The van der Waals surface area contributed by atoms with Gasteiger partial charge in [-0.1, -0.05) is 6.58 Å². The first-order valence-electron chi connectivity index (χ1n) is 3.25. The predicted octanol–water partition coefficient (Wildman–Crippen LogP) is 0.799. The van der Waals surface area contributed by atoms with Gasteiger partial charge in [-0.15, -0.1) is 0 Å². The van der Waals surface area contributed by atoms with E-state index >= 15 is 0 Å². The Labute approximate surface area is 65.2 Å². The van der Waals surface area contributed by atoms with Crippen molar-refractivity contribution in [3.63, 3.8) is 0 Å². The molecule has 11 heavy (non-hydrogen) atoms. The van der Waals surface area contributed by atoms with Crippen molar-refractivity contribution in [2.75, 3.05) is 5.73 Å². The summed E-state index contributed by atoms with van der Waals surface area (Å²) < 4.78 is 0. The maximum Gasteiger partial charge on any atom is 0.0853 e. The number of hydrogen-bond donors (Lipinski definition) is 2. The third-order valence-electron chi connectivity index (χ3n) is 1.38. The third kappa shape index (κ3) is 1.56. The molecule has 0 aliphatic rings. The number of aromatic nitrogens is 1. The van der Waals surface area contributed by atoms with Gasteiger partial charge >= 0.3 is 0 Å². The van der Waals surface area contributed by atoms with E-state index in [2.05, 4.69) is 11.6 Å². The quantitative estimate of drug-likeness (QED) is 0.655. The van der Waals surface area contributed by atoms with Crippen LogP contribution < -0.4 is 5.73 Å². The fourth-order valence-corrected chi connectivity index (χ4v) is 0.795. The number of nitrogens with zero attached hydrogens (tertiary/aromatic N) is 1. The van der Waals surface area contributed by atoms with Gasteiger partial charge in [0.1, 0.15) is 0 Å². The van der Waals surface area contributed by atoms with Crippen LogP contribution in [0, 0.1) is 0 Å². The van der Waals surface area contributed by atoms with E-state index in [1.807, 2.05) is 0 Å². The lowest BCUT2D eigenvalue weighted by molar-refractivity contribution is 0.281. The molecule has 0 radical (unpaired) electrons. The lowest BCUT2D eigenvalue weighted by Crippen LogP contribution is -1.95. The zero-order valence-corrected chi connectivity index (χ0v) is 6.12. The number of pyridine rings is 1. The summed E-state index contributed by atoms with van der Waals surface area (Å²) in [5.74, 6) is 0. The van der Waals surface area contributed by atoms with Crippen LogP contribution in [0.1, 0.15) is 11.3 Å². The summed E-state index contributed by atoms with van der Waals surface area (Å²) in [6.07, 6.45) is 3.16. The lowest BCUT2D eigenvalue weighted by atomic mass is 10.2. The normalized spacial score (nSPS) is 9.55. The summed E-state index contributed by atoms with van der Waals surface area (Å²) in [7, 11) is 0. The highest BCUT2D eigenvalue weighted by Crippen LogP contribution is 2.11. The third-order valence-corrected chi connectivity index (χ3v) is 1.38. The zero-order valence-electron chi connectivity index (χ0n) is 6.12. The van der Waals surface area contributed by atoms with E-state index in [1.165, 1.54) is 0 Å². The first kappa shape index (κ1) is 7.75. The molecule has 0 aliphatic carbocycles. The fourth-order valence-electron chi connectivity index (χ4n) is 0.795. The van der Waals surface area contributed by atoms with E-state index in [-0.39, 0.29) is 6.61 Å². The van der Waals surface area contributed by atoms with E-state index in [4.69, 9.17) is 10.8 Å². The molecule has 0 saturated heterocycles. The highest BCUT2D eigenvalue weighted by molar-refractivity contribution is 5.59. The van der Waals surface area contributed by atoms with Crippen LogP contribution >= 0.6 is 0 Å². The summed E-state index contributed by atoms with van der Waals surface area (Å²) >= 11 is 0. The van der Waals surface area contributed by atoms with Crippen LogP contribution in [0.25, 0.3) is 6.08 Å². The summed E-state index contributed by atoms with van der Waals surface area (Å²) in [5.41, 5.74) is 7.48. The molecule has 0 spiro atoms. The van der Waals surface area contributed by atoms with E-state index in [9.17, 15) is 0 Å². The molecule has 58 valence electrons. The molecule has 3 N–H and O–H groups in total. The highest BCUT2D eigenvalue weighted by Gasteiger charge is 1.96. The second-order valence-electron chi connectivity index (χ2n) is 2.18. The molecule has 0 saturated carbocycles. The standard InChI is InChI=1S/C8H10N2O/c1-2-8-7(9)3-6(5-11)4-10-8/h2-4,11H,1,5,9H2. The smallest absolute Gasteiger partial charge is 0.0853 e. The minimum atomic E-state index is -0.0331. The van der Waals surface area contributed by atoms with Crippen molar-refractivity contribution in [3.8, 4) is 0 Å². The molecule has 1 heterocycles. The van der Waals surface area contributed by atoms with Crippen molar-refractivity contribution in [1.82, 2.24) is 4.98 Å². The van der Waals surface area contributed by atoms with Crippen LogP contribution in [-0.2, 0) is 6.61 Å². The number of aliphatic hydroxyl groups is 1. The molecular weight excluding hydrogens is 140 g/mol. The molecule has 0 atom stereocenters. The van der Waals surface area contributed by atoms with E-state index in [1.54, 1.807) is 18.3 Å². The molecular formula is C8H10N2O. The van der Waals surface area contributed by atoms with Crippen LogP contribution in [0.5, 0.6) is 0 Å². The second kappa shape index (κ2) is 3.16. The van der Waals surface area contributed by atoms with Gasteiger partial charge in [-0.25, -0.2) is 0 Å². The van der Waals surface area contributed by atoms with Gasteiger partial charge in [-0.3, -0.25) is 4.98 Å². The van der Waals surface area contributed by atoms with Crippen molar-refractivity contribution >= 4 is 11.8 Å². The van der Waals surface area contributed by atoms with Gasteiger partial charge in [-0.05, 0) is 17.7 Å². The minimum Gasteiger partial charge on any atom is -0.397 e. The molecule has 1 aromatic rings. The van der Waals surface area contributed by atoms with Crippen LogP contribution in [0.2, 0.25) is 0 Å². The molecule has 1 aromatic heterocycles. The Kier molecular flexibility index (Phi) is 2.23. The number of aliphatic hydroxyl groups excluding tert-OH is 1. The average molecular weight is 150 g/mol. The summed E-state index contributed by atoms with van der Waals surface area (Å²) in [4.78, 5) is 3.96. The van der Waals surface area contributed by atoms with Crippen LogP contribution in [0.15, 0.2) is 18.8 Å². The Morgan fingerprint density at radius 1 is 1.73 bits per heavy atom. The van der Waals surface area contributed by atoms with E-state index < -0.39 is 0 Å². The van der Waals surface area contributed by atoms with Crippen molar-refractivity contribution in [1.29, 1.82) is 0 Å². The molecule has 0 aliphatic heterocycles. The van der Waals surface area contributed by atoms with Gasteiger partial charge in [-0.2, -0.15) is 0 Å². The van der Waals surface area contributed by atoms with Crippen molar-refractivity contribution < 1.29 is 5.11 Å². The Morgan fingerprint density at radius 3 is 2.91 bits per heavy atom. The van der Waals surface area contributed by atoms with Crippen molar-refractivity contribution in [3.05, 3.63) is 30.1 Å². The van der Waals surface area contributed by atoms with Crippen molar-refractivity contribution in [2.24, 2.45) is 0 Å². The van der Waals surface area contributed by atoms with Gasteiger partial charge in [0.15, 0.2) is 0 Å². The molecule has 0 amide bonds. The summed E-state index contributed by atoms with van der Waals surface area (Å²) in [6.45, 7) is 3.51. The predicted molar refractivity (Wildman–Crippen MR) is 44.7 cm³/mol. The summed E-state index contributed by atoms with van der Waals surface area (Å²) in [6, 6.07) is 1.68. The highest BCUT2D eigenvalue weighted by atomic mass is 16.3. The zero-order chi connectivity index (χ0) is 8.27. The van der Waals surface area contributed by atoms with Crippen LogP contribution in [0.4, 0.5) is 5.69 Å². The lowest BCUT2D eigenvalue weighted by Gasteiger charge is -2.00. The summed E-state index contributed by atoms with van der Waals surface area (Å²) in [5, 5.41) is 8.70. The first-order valence-corrected chi connectivity index (χ1v) is 3.25. The fraction of sp³-hybridized carbons (Fsp3) is 0.125. The van der Waals surface area contributed by atoms with Gasteiger partial charge in [0.05, 0.1) is 18.0 Å². The largest absolute Gasteiger partial charge is 0.397 e. The Balaban J connectivity index is 3.09. The molecule has 0 unspecified atom stereocenters. The second-order valence-corrected chi connectivity index (χ2v) is 2.18. The van der Waals surface area contributed by atoms with E-state index in [0.29, 0.717) is 16.9 Å². The molecule has 0 bridgehead atoms. The topological polar surface area (TPSA) is 59.1 Å². The molecule has 0 aromatic carbocycles. The average Bonchev–Trinajstić information content (AvgIpc) is 2.04. The van der Waals surface area contributed by atoms with Gasteiger partial charge in [0.2, 0.25) is 0 Å². The van der Waals surface area contributed by atoms with Crippen molar-refractivity contribution in [2.45, 2.75) is 6.61 Å². The number of anilines is 1. The SMILES string of the molecule is C=Cc1ncc(CO)cc1N. The molecule has 3 nitrogen and oxygen atoms in total. The van der Waals surface area contributed by atoms with Gasteiger partial charge in [0, 0.05) is 6.20 Å². The number of nitrogen functional groups attached to an aromatic ring is 1. The van der Waals surface area contributed by atoms with E-state index in [0.717, 1.165) is 0 Å². The monoisotopic (exact) mass is 150 g/mol. The number of rotatable bonds is 2. The Morgan fingerprint density at radius 2 is 2.45 bits per heavy atom. The first-order chi connectivity index (χ1) is 5.27. The number of hydrogen-bond acceptors (Lipinski definition) is 3. The number of nitrogens with two attached hydrogens (primary N) is 1. The Bertz CT molecular complexity index is 271. The minimum absolute atomic E-state index is 0.0331. The van der Waals surface area contributed by atoms with Crippen LogP contribution in [-0.4, -0.2) is 10.1 Å². The molecule has 0 fully saturated rings.